The molecule has 1 aliphatic rings. The van der Waals surface area contributed by atoms with Crippen molar-refractivity contribution >= 4 is 11.9 Å². The van der Waals surface area contributed by atoms with Gasteiger partial charge in [-0.25, -0.2) is 0 Å². The summed E-state index contributed by atoms with van der Waals surface area (Å²) in [5, 5.41) is 11.3. The van der Waals surface area contributed by atoms with E-state index in [1.54, 1.807) is 11.0 Å². The second kappa shape index (κ2) is 5.50. The molecule has 5 heteroatoms. The zero-order chi connectivity index (χ0) is 11.3. The van der Waals surface area contributed by atoms with Gasteiger partial charge < -0.3 is 10.4 Å². The van der Waals surface area contributed by atoms with Gasteiger partial charge in [-0.1, -0.05) is 6.08 Å². The third-order valence-electron chi connectivity index (χ3n) is 2.19. The molecule has 0 spiro atoms. The number of rotatable bonds is 7. The molecule has 1 fully saturated rings. The van der Waals surface area contributed by atoms with E-state index in [0.717, 1.165) is 12.8 Å². The molecule has 84 valence electrons. The van der Waals surface area contributed by atoms with Gasteiger partial charge in [-0.2, -0.15) is 0 Å². The first kappa shape index (κ1) is 11.7. The van der Waals surface area contributed by atoms with Crippen LogP contribution < -0.4 is 5.32 Å². The largest absolute Gasteiger partial charge is 0.480 e. The zero-order valence-corrected chi connectivity index (χ0v) is 8.61. The molecule has 1 aliphatic carbocycles. The predicted molar refractivity (Wildman–Crippen MR) is 55.4 cm³/mol. The third-order valence-corrected chi connectivity index (χ3v) is 2.19. The lowest BCUT2D eigenvalue weighted by molar-refractivity contribution is -0.138. The van der Waals surface area contributed by atoms with Gasteiger partial charge in [-0.3, -0.25) is 14.5 Å². The minimum absolute atomic E-state index is 0.0633. The Hall–Kier alpha value is -1.36. The van der Waals surface area contributed by atoms with Gasteiger partial charge in [-0.15, -0.1) is 6.58 Å². The predicted octanol–water partition coefficient (Wildman–Crippen LogP) is -0.162. The van der Waals surface area contributed by atoms with Crippen LogP contribution in [0.4, 0.5) is 0 Å². The molecule has 1 amide bonds. The normalized spacial score (nSPS) is 15.0. The Morgan fingerprint density at radius 1 is 1.47 bits per heavy atom. The molecule has 0 unspecified atom stereocenters. The average molecular weight is 212 g/mol. The second-order valence-corrected chi connectivity index (χ2v) is 3.62. The van der Waals surface area contributed by atoms with Crippen molar-refractivity contribution in [2.75, 3.05) is 19.6 Å². The fourth-order valence-electron chi connectivity index (χ4n) is 1.35. The summed E-state index contributed by atoms with van der Waals surface area (Å²) in [4.78, 5) is 23.6. The lowest BCUT2D eigenvalue weighted by Gasteiger charge is -2.18. The highest BCUT2D eigenvalue weighted by atomic mass is 16.4. The monoisotopic (exact) mass is 212 g/mol. The third kappa shape index (κ3) is 4.60. The van der Waals surface area contributed by atoms with E-state index in [1.165, 1.54) is 0 Å². The number of aliphatic carboxylic acids is 1. The van der Waals surface area contributed by atoms with E-state index >= 15 is 0 Å². The summed E-state index contributed by atoms with van der Waals surface area (Å²) in [6.07, 6.45) is 3.57. The number of nitrogens with zero attached hydrogens (tertiary/aromatic N) is 1. The van der Waals surface area contributed by atoms with Crippen LogP contribution in [0.1, 0.15) is 12.8 Å². The molecule has 0 aromatic rings. The molecule has 5 nitrogen and oxygen atoms in total. The molecule has 0 radical (unpaired) electrons. The first-order valence-corrected chi connectivity index (χ1v) is 4.97. The van der Waals surface area contributed by atoms with Crippen LogP contribution in [0, 0.1) is 0 Å². The fourth-order valence-corrected chi connectivity index (χ4v) is 1.35. The molecule has 0 atom stereocenters. The maximum absolute atomic E-state index is 11.3. The lowest BCUT2D eigenvalue weighted by atomic mass is 10.4. The Balaban J connectivity index is 2.33. The molecule has 1 rings (SSSR count). The number of hydrogen-bond acceptors (Lipinski definition) is 3. The Morgan fingerprint density at radius 3 is 2.60 bits per heavy atom. The molecular formula is C10H16N2O3. The molecule has 0 heterocycles. The summed E-state index contributed by atoms with van der Waals surface area (Å²) in [7, 11) is 0. The van der Waals surface area contributed by atoms with Gasteiger partial charge in [0.25, 0.3) is 0 Å². The number of hydrogen-bond donors (Lipinski definition) is 2. The van der Waals surface area contributed by atoms with Crippen molar-refractivity contribution in [1.29, 1.82) is 0 Å². The molecule has 0 aliphatic heterocycles. The zero-order valence-electron chi connectivity index (χ0n) is 8.61. The van der Waals surface area contributed by atoms with E-state index in [1.807, 2.05) is 0 Å². The SMILES string of the molecule is C=CCNC(=O)CN(CC(=O)O)C1CC1. The van der Waals surface area contributed by atoms with E-state index in [-0.39, 0.29) is 25.0 Å². The maximum atomic E-state index is 11.3. The Morgan fingerprint density at radius 2 is 2.13 bits per heavy atom. The van der Waals surface area contributed by atoms with Gasteiger partial charge >= 0.3 is 5.97 Å². The van der Waals surface area contributed by atoms with Crippen LogP contribution in [-0.2, 0) is 9.59 Å². The van der Waals surface area contributed by atoms with Crippen molar-refractivity contribution in [3.63, 3.8) is 0 Å². The van der Waals surface area contributed by atoms with Crippen LogP contribution in [0.2, 0.25) is 0 Å². The highest BCUT2D eigenvalue weighted by Gasteiger charge is 2.31. The van der Waals surface area contributed by atoms with Crippen LogP contribution >= 0.6 is 0 Å². The summed E-state index contributed by atoms with van der Waals surface area (Å²) in [5.41, 5.74) is 0. The van der Waals surface area contributed by atoms with E-state index < -0.39 is 5.97 Å². The molecule has 0 aromatic heterocycles. The lowest BCUT2D eigenvalue weighted by Crippen LogP contribution is -2.41. The number of amides is 1. The molecule has 0 aromatic carbocycles. The first-order valence-electron chi connectivity index (χ1n) is 4.97. The van der Waals surface area contributed by atoms with Gasteiger partial charge in [0.1, 0.15) is 0 Å². The highest BCUT2D eigenvalue weighted by molar-refractivity contribution is 5.79. The standard InChI is InChI=1S/C10H16N2O3/c1-2-5-11-9(13)6-12(7-10(14)15)8-3-4-8/h2,8H,1,3-7H2,(H,11,13)(H,14,15). The number of nitrogens with one attached hydrogen (secondary N) is 1. The molecular weight excluding hydrogens is 196 g/mol. The number of carboxylic acid groups (broad SMARTS) is 1. The number of carbonyl (C=O) groups is 2. The minimum atomic E-state index is -0.890. The first-order chi connectivity index (χ1) is 7.13. The van der Waals surface area contributed by atoms with E-state index in [2.05, 4.69) is 11.9 Å². The van der Waals surface area contributed by atoms with Crippen molar-refractivity contribution in [3.8, 4) is 0 Å². The van der Waals surface area contributed by atoms with Crippen LogP contribution in [0.25, 0.3) is 0 Å². The molecule has 15 heavy (non-hydrogen) atoms. The van der Waals surface area contributed by atoms with Gasteiger partial charge in [0.05, 0.1) is 13.1 Å². The van der Waals surface area contributed by atoms with Crippen LogP contribution in [0.5, 0.6) is 0 Å². The van der Waals surface area contributed by atoms with Crippen molar-refractivity contribution in [1.82, 2.24) is 10.2 Å². The summed E-state index contributed by atoms with van der Waals surface area (Å²) in [6, 6.07) is 0.274. The van der Waals surface area contributed by atoms with E-state index in [4.69, 9.17) is 5.11 Å². The molecule has 2 N–H and O–H groups in total. The van der Waals surface area contributed by atoms with Crippen molar-refractivity contribution in [3.05, 3.63) is 12.7 Å². The molecule has 0 saturated heterocycles. The van der Waals surface area contributed by atoms with Crippen molar-refractivity contribution in [2.45, 2.75) is 18.9 Å². The van der Waals surface area contributed by atoms with Gasteiger partial charge in [0.15, 0.2) is 0 Å². The summed E-state index contributed by atoms with van der Waals surface area (Å²) < 4.78 is 0. The van der Waals surface area contributed by atoms with Gasteiger partial charge in [-0.05, 0) is 12.8 Å². The van der Waals surface area contributed by atoms with Crippen molar-refractivity contribution in [2.24, 2.45) is 0 Å². The highest BCUT2D eigenvalue weighted by Crippen LogP contribution is 2.26. The minimum Gasteiger partial charge on any atom is -0.480 e. The van der Waals surface area contributed by atoms with Crippen molar-refractivity contribution < 1.29 is 14.7 Å². The van der Waals surface area contributed by atoms with E-state index in [9.17, 15) is 9.59 Å². The molecule has 0 bridgehead atoms. The second-order valence-electron chi connectivity index (χ2n) is 3.62. The fraction of sp³-hybridized carbons (Fsp3) is 0.600. The number of carbonyl (C=O) groups excluding carboxylic acids is 1. The topological polar surface area (TPSA) is 69.6 Å². The van der Waals surface area contributed by atoms with Gasteiger partial charge in [0, 0.05) is 12.6 Å². The summed E-state index contributed by atoms with van der Waals surface area (Å²) >= 11 is 0. The smallest absolute Gasteiger partial charge is 0.317 e. The molecule has 1 saturated carbocycles. The average Bonchev–Trinajstić information content (AvgIpc) is 2.96. The van der Waals surface area contributed by atoms with Crippen LogP contribution in [0.15, 0.2) is 12.7 Å². The number of carboxylic acids is 1. The maximum Gasteiger partial charge on any atom is 0.317 e. The van der Waals surface area contributed by atoms with Crippen LogP contribution in [0.3, 0.4) is 0 Å². The van der Waals surface area contributed by atoms with Gasteiger partial charge in [0.2, 0.25) is 5.91 Å². The summed E-state index contributed by atoms with van der Waals surface area (Å²) in [6.45, 7) is 4.00. The van der Waals surface area contributed by atoms with Crippen LogP contribution in [-0.4, -0.2) is 47.6 Å². The quantitative estimate of drug-likeness (QED) is 0.575. The Labute approximate surface area is 88.8 Å². The Kier molecular flexibility index (Phi) is 4.30. The summed E-state index contributed by atoms with van der Waals surface area (Å²) in [5.74, 6) is -1.04. The Bertz CT molecular complexity index is 261. The van der Waals surface area contributed by atoms with E-state index in [0.29, 0.717) is 6.54 Å².